The van der Waals surface area contributed by atoms with Crippen LogP contribution in [-0.2, 0) is 14.0 Å². The van der Waals surface area contributed by atoms with Crippen molar-refractivity contribution in [3.8, 4) is 0 Å². The van der Waals surface area contributed by atoms with Crippen molar-refractivity contribution in [2.24, 2.45) is 0 Å². The van der Waals surface area contributed by atoms with Crippen molar-refractivity contribution in [2.45, 2.75) is 65.3 Å². The molecule has 160 valence electrons. The van der Waals surface area contributed by atoms with Gasteiger partial charge in [-0.3, -0.25) is 4.98 Å². The fourth-order valence-corrected chi connectivity index (χ4v) is 3.07. The maximum atomic E-state index is 12.2. The molecule has 0 unspecified atom stereocenters. The summed E-state index contributed by atoms with van der Waals surface area (Å²) in [5.41, 5.74) is 1.13. The van der Waals surface area contributed by atoms with E-state index in [4.69, 9.17) is 14.0 Å². The van der Waals surface area contributed by atoms with Crippen molar-refractivity contribution in [1.29, 1.82) is 0 Å². The number of hydrogen-bond acceptors (Lipinski definition) is 5. The molecule has 1 aromatic carbocycles. The van der Waals surface area contributed by atoms with E-state index in [1.807, 2.05) is 84.9 Å². The molecule has 30 heavy (non-hydrogen) atoms. The number of ether oxygens (including phenoxy) is 1. The van der Waals surface area contributed by atoms with E-state index < -0.39 is 30.0 Å². The van der Waals surface area contributed by atoms with Crippen molar-refractivity contribution in [3.63, 3.8) is 0 Å². The number of fused-ring (bicyclic) bond motifs is 1. The fraction of sp³-hybridized carbons (Fsp3) is 0.478. The summed E-state index contributed by atoms with van der Waals surface area (Å²) in [7, 11) is -0.579. The smallest absolute Gasteiger partial charge is 0.444 e. The van der Waals surface area contributed by atoms with Gasteiger partial charge in [0.2, 0.25) is 0 Å². The third-order valence-electron chi connectivity index (χ3n) is 5.37. The van der Waals surface area contributed by atoms with Crippen molar-refractivity contribution in [1.82, 2.24) is 10.3 Å². The summed E-state index contributed by atoms with van der Waals surface area (Å²) in [4.78, 5) is 16.6. The Morgan fingerprint density at radius 1 is 1.17 bits per heavy atom. The summed E-state index contributed by atoms with van der Waals surface area (Å²) in [5, 5.41) is 3.89. The Morgan fingerprint density at radius 2 is 1.83 bits per heavy atom. The van der Waals surface area contributed by atoms with Crippen molar-refractivity contribution < 1.29 is 18.8 Å². The van der Waals surface area contributed by atoms with E-state index >= 15 is 0 Å². The van der Waals surface area contributed by atoms with E-state index in [-0.39, 0.29) is 6.54 Å². The Hall–Kier alpha value is -2.38. The van der Waals surface area contributed by atoms with Crippen molar-refractivity contribution >= 4 is 30.2 Å². The van der Waals surface area contributed by atoms with Gasteiger partial charge in [-0.25, -0.2) is 4.79 Å². The van der Waals surface area contributed by atoms with Crippen LogP contribution in [0.4, 0.5) is 4.79 Å². The Kier molecular flexibility index (Phi) is 5.98. The van der Waals surface area contributed by atoms with Gasteiger partial charge in [-0.15, -0.1) is 0 Å². The average molecular weight is 410 g/mol. The number of hydrogen-bond donors (Lipinski definition) is 1. The molecule has 1 amide bonds. The van der Waals surface area contributed by atoms with Crippen LogP contribution in [-0.4, -0.2) is 41.5 Å². The molecule has 2 aromatic rings. The Bertz CT molecular complexity index is 947. The molecule has 0 aliphatic carbocycles. The van der Waals surface area contributed by atoms with Gasteiger partial charge in [0.05, 0.1) is 16.7 Å². The first-order chi connectivity index (χ1) is 13.9. The topological polar surface area (TPSA) is 69.7 Å². The number of carbonyl (C=O) groups is 1. The highest BCUT2D eigenvalue weighted by Crippen LogP contribution is 2.38. The first-order valence-electron chi connectivity index (χ1n) is 10.2. The van der Waals surface area contributed by atoms with Gasteiger partial charge in [-0.1, -0.05) is 24.3 Å². The number of carbonyl (C=O) groups excluding carboxylic acids is 1. The van der Waals surface area contributed by atoms with Gasteiger partial charge in [0.15, 0.2) is 0 Å². The van der Waals surface area contributed by atoms with E-state index in [2.05, 4.69) is 10.3 Å². The van der Waals surface area contributed by atoms with Crippen LogP contribution in [0.2, 0.25) is 0 Å². The van der Waals surface area contributed by atoms with Crippen LogP contribution in [0.5, 0.6) is 0 Å². The zero-order valence-electron chi connectivity index (χ0n) is 18.9. The summed E-state index contributed by atoms with van der Waals surface area (Å²) < 4.78 is 17.8. The molecule has 7 heteroatoms. The number of pyridine rings is 1. The molecule has 2 heterocycles. The zero-order chi connectivity index (χ0) is 22.2. The van der Waals surface area contributed by atoms with Crippen LogP contribution in [0.3, 0.4) is 0 Å². The summed E-state index contributed by atoms with van der Waals surface area (Å²) in [6, 6.07) is 9.99. The lowest BCUT2D eigenvalue weighted by atomic mass is 9.77. The molecule has 1 aliphatic rings. The lowest BCUT2D eigenvalue weighted by molar-refractivity contribution is 0.00578. The number of aromatic nitrogens is 1. The molecule has 0 saturated carbocycles. The van der Waals surface area contributed by atoms with Gasteiger partial charge in [0.25, 0.3) is 0 Å². The number of amides is 1. The molecule has 1 aromatic heterocycles. The monoisotopic (exact) mass is 410 g/mol. The molecule has 3 rings (SSSR count). The quantitative estimate of drug-likeness (QED) is 0.735. The minimum absolute atomic E-state index is 0.242. The minimum atomic E-state index is -0.579. The van der Waals surface area contributed by atoms with Crippen LogP contribution in [0, 0.1) is 0 Å². The van der Waals surface area contributed by atoms with Crippen LogP contribution in [0.15, 0.2) is 42.0 Å². The average Bonchev–Trinajstić information content (AvgIpc) is 2.84. The summed E-state index contributed by atoms with van der Waals surface area (Å²) in [6.07, 6.45) is 3.27. The molecule has 1 N–H and O–H groups in total. The molecule has 0 atom stereocenters. The summed E-state index contributed by atoms with van der Waals surface area (Å²) >= 11 is 0. The summed E-state index contributed by atoms with van der Waals surface area (Å²) in [5.74, 6) is 0. The second-order valence-electron chi connectivity index (χ2n) is 9.62. The number of rotatable bonds is 4. The highest BCUT2D eigenvalue weighted by Gasteiger charge is 2.52. The van der Waals surface area contributed by atoms with E-state index in [0.717, 1.165) is 21.9 Å². The second kappa shape index (κ2) is 8.04. The molecule has 1 fully saturated rings. The maximum absolute atomic E-state index is 12.2. The number of benzene rings is 1. The van der Waals surface area contributed by atoms with E-state index in [1.54, 1.807) is 6.20 Å². The van der Waals surface area contributed by atoms with Gasteiger partial charge in [0, 0.05) is 18.1 Å². The SMILES string of the molecule is CC(C)(C)OC(=O)NCC(=Cc1ccc2cccnc2c1)B1OC(C)(C)C(C)(C)O1. The van der Waals surface area contributed by atoms with Crippen molar-refractivity contribution in [2.75, 3.05) is 6.54 Å². The van der Waals surface area contributed by atoms with Crippen LogP contribution < -0.4 is 5.32 Å². The van der Waals surface area contributed by atoms with E-state index in [1.165, 1.54) is 0 Å². The molecule has 0 spiro atoms. The molecule has 1 saturated heterocycles. The minimum Gasteiger partial charge on any atom is -0.444 e. The van der Waals surface area contributed by atoms with Gasteiger partial charge in [0.1, 0.15) is 5.60 Å². The van der Waals surface area contributed by atoms with E-state index in [9.17, 15) is 4.79 Å². The predicted octanol–water partition coefficient (Wildman–Crippen LogP) is 4.77. The molecule has 6 nitrogen and oxygen atoms in total. The molecule has 0 bridgehead atoms. The fourth-order valence-electron chi connectivity index (χ4n) is 3.07. The molecule has 0 radical (unpaired) electrons. The van der Waals surface area contributed by atoms with Crippen LogP contribution >= 0.6 is 0 Å². The lowest BCUT2D eigenvalue weighted by Crippen LogP contribution is -2.41. The Morgan fingerprint density at radius 3 is 2.47 bits per heavy atom. The van der Waals surface area contributed by atoms with Crippen LogP contribution in [0.25, 0.3) is 17.0 Å². The molecular weight excluding hydrogens is 379 g/mol. The maximum Gasteiger partial charge on any atom is 0.492 e. The van der Waals surface area contributed by atoms with Gasteiger partial charge < -0.3 is 19.4 Å². The predicted molar refractivity (Wildman–Crippen MR) is 120 cm³/mol. The van der Waals surface area contributed by atoms with E-state index in [0.29, 0.717) is 0 Å². The first kappa shape index (κ1) is 22.3. The van der Waals surface area contributed by atoms with Crippen LogP contribution in [0.1, 0.15) is 54.0 Å². The Labute approximate surface area is 179 Å². The van der Waals surface area contributed by atoms with Gasteiger partial charge in [-0.2, -0.15) is 0 Å². The lowest BCUT2D eigenvalue weighted by Gasteiger charge is -2.32. The molecule has 1 aliphatic heterocycles. The second-order valence-corrected chi connectivity index (χ2v) is 9.62. The highest BCUT2D eigenvalue weighted by molar-refractivity contribution is 6.56. The normalized spacial score (nSPS) is 18.5. The van der Waals surface area contributed by atoms with Gasteiger partial charge >= 0.3 is 13.2 Å². The standard InChI is InChI=1S/C23H31BN2O4/c1-21(2,3)28-20(27)26-15-18(24-29-22(4,5)23(6,7)30-24)13-16-10-11-17-9-8-12-25-19(17)14-16/h8-14H,15H2,1-7H3,(H,26,27). The zero-order valence-corrected chi connectivity index (χ0v) is 18.9. The number of alkyl carbamates (subject to hydrolysis) is 1. The van der Waals surface area contributed by atoms with Crippen molar-refractivity contribution in [3.05, 3.63) is 47.6 Å². The molecular formula is C23H31BN2O4. The third-order valence-corrected chi connectivity index (χ3v) is 5.37. The third kappa shape index (κ3) is 5.21. The Balaban J connectivity index is 1.88. The largest absolute Gasteiger partial charge is 0.492 e. The number of nitrogens with one attached hydrogen (secondary N) is 1. The summed E-state index contributed by atoms with van der Waals surface area (Å²) in [6.45, 7) is 13.8. The highest BCUT2D eigenvalue weighted by atomic mass is 16.7. The van der Waals surface area contributed by atoms with Gasteiger partial charge in [-0.05, 0) is 71.6 Å². The number of nitrogens with zero attached hydrogens (tertiary/aromatic N) is 1. The first-order valence-corrected chi connectivity index (χ1v) is 10.2.